The van der Waals surface area contributed by atoms with Crippen molar-refractivity contribution in [2.75, 3.05) is 0 Å². The summed E-state index contributed by atoms with van der Waals surface area (Å²) in [5, 5.41) is 8.78. The zero-order chi connectivity index (χ0) is 17.6. The van der Waals surface area contributed by atoms with Crippen molar-refractivity contribution >= 4 is 5.97 Å². The molecule has 0 spiro atoms. The predicted molar refractivity (Wildman–Crippen MR) is 78.4 cm³/mol. The number of carbonyl (C=O) groups excluding carboxylic acids is 1. The minimum atomic E-state index is -5.19. The first-order valence-electron chi connectivity index (χ1n) is 6.86. The van der Waals surface area contributed by atoms with Crippen molar-refractivity contribution in [3.8, 4) is 11.4 Å². The van der Waals surface area contributed by atoms with Gasteiger partial charge in [0, 0.05) is 0 Å². The number of alkyl halides is 3. The van der Waals surface area contributed by atoms with Gasteiger partial charge in [0.25, 0.3) is 6.33 Å². The molecule has 1 heterocycles. The van der Waals surface area contributed by atoms with E-state index in [0.717, 1.165) is 0 Å². The van der Waals surface area contributed by atoms with Crippen LogP contribution in [-0.2, 0) is 4.79 Å². The molecule has 3 rings (SSSR count). The summed E-state index contributed by atoms with van der Waals surface area (Å²) >= 11 is 0. The van der Waals surface area contributed by atoms with Crippen molar-refractivity contribution in [3.05, 3.63) is 79.4 Å². The van der Waals surface area contributed by atoms with E-state index < -0.39 is 12.1 Å². The summed E-state index contributed by atoms with van der Waals surface area (Å²) in [7, 11) is 0. The number of aromatic nitrogens is 2. The molecule has 1 aromatic heterocycles. The average molecular weight is 334 g/mol. The molecular formula is C17H13F3N2O2. The molecule has 0 radical (unpaired) electrons. The fourth-order valence-corrected chi connectivity index (χ4v) is 1.86. The lowest BCUT2D eigenvalue weighted by Crippen LogP contribution is -2.37. The number of hydrogen-bond donors (Lipinski definition) is 0. The Morgan fingerprint density at radius 2 is 1.46 bits per heavy atom. The molecule has 0 N–H and O–H groups in total. The largest absolute Gasteiger partial charge is 0.542 e. The lowest BCUT2D eigenvalue weighted by molar-refractivity contribution is -0.594. The first-order chi connectivity index (χ1) is 11.4. The number of para-hydroxylation sites is 2. The third-order valence-electron chi connectivity index (χ3n) is 2.98. The Labute approximate surface area is 136 Å². The quantitative estimate of drug-likeness (QED) is 0.674. The zero-order valence-corrected chi connectivity index (χ0v) is 12.4. The number of aliphatic carboxylic acids is 1. The van der Waals surface area contributed by atoms with Gasteiger partial charge in [-0.2, -0.15) is 13.2 Å². The predicted octanol–water partition coefficient (Wildman–Crippen LogP) is 2.05. The van der Waals surface area contributed by atoms with E-state index in [2.05, 4.69) is 52.1 Å². The van der Waals surface area contributed by atoms with Crippen LogP contribution in [0.3, 0.4) is 0 Å². The van der Waals surface area contributed by atoms with Crippen LogP contribution in [0.5, 0.6) is 0 Å². The van der Waals surface area contributed by atoms with Gasteiger partial charge in [-0.05, 0) is 24.3 Å². The Hall–Kier alpha value is -3.09. The van der Waals surface area contributed by atoms with Crippen molar-refractivity contribution in [2.24, 2.45) is 0 Å². The number of halogens is 3. The second-order valence-electron chi connectivity index (χ2n) is 4.68. The number of carbonyl (C=O) groups is 1. The molecule has 0 atom stereocenters. The molecule has 2 aromatic carbocycles. The third kappa shape index (κ3) is 4.70. The molecule has 0 unspecified atom stereocenters. The first kappa shape index (κ1) is 17.3. The molecule has 3 aromatic rings. The zero-order valence-electron chi connectivity index (χ0n) is 12.4. The Bertz CT molecular complexity index is 730. The van der Waals surface area contributed by atoms with Crippen LogP contribution in [0, 0.1) is 0 Å². The van der Waals surface area contributed by atoms with Crippen LogP contribution < -0.4 is 9.67 Å². The molecule has 0 aliphatic carbocycles. The Morgan fingerprint density at radius 3 is 1.96 bits per heavy atom. The van der Waals surface area contributed by atoms with Gasteiger partial charge in [-0.1, -0.05) is 36.4 Å². The topological polar surface area (TPSA) is 48.9 Å². The number of rotatable bonds is 2. The Morgan fingerprint density at radius 1 is 0.958 bits per heavy atom. The number of carboxylic acid groups (broad SMARTS) is 1. The average Bonchev–Trinajstić information content (AvgIpc) is 3.06. The van der Waals surface area contributed by atoms with Gasteiger partial charge in [-0.3, -0.25) is 0 Å². The van der Waals surface area contributed by atoms with Crippen molar-refractivity contribution in [2.45, 2.75) is 6.18 Å². The molecule has 0 aliphatic heterocycles. The highest BCUT2D eigenvalue weighted by molar-refractivity contribution is 5.70. The monoisotopic (exact) mass is 334 g/mol. The summed E-state index contributed by atoms with van der Waals surface area (Å²) in [4.78, 5) is 8.78. The van der Waals surface area contributed by atoms with Gasteiger partial charge in [0.2, 0.25) is 0 Å². The summed E-state index contributed by atoms with van der Waals surface area (Å²) in [6.45, 7) is 0. The van der Waals surface area contributed by atoms with Crippen LogP contribution in [0.1, 0.15) is 0 Å². The minimum absolute atomic E-state index is 1.17. The summed E-state index contributed by atoms with van der Waals surface area (Å²) < 4.78 is 35.8. The molecule has 24 heavy (non-hydrogen) atoms. The lowest BCUT2D eigenvalue weighted by Gasteiger charge is -2.03. The van der Waals surface area contributed by atoms with Crippen molar-refractivity contribution in [3.63, 3.8) is 0 Å². The maximum absolute atomic E-state index is 10.5. The highest BCUT2D eigenvalue weighted by atomic mass is 19.4. The molecule has 0 fully saturated rings. The Kier molecular flexibility index (Phi) is 5.36. The second-order valence-corrected chi connectivity index (χ2v) is 4.68. The van der Waals surface area contributed by atoms with Crippen LogP contribution in [-0.4, -0.2) is 16.7 Å². The fourth-order valence-electron chi connectivity index (χ4n) is 1.86. The first-order valence-corrected chi connectivity index (χ1v) is 6.86. The van der Waals surface area contributed by atoms with E-state index in [-0.39, 0.29) is 0 Å². The normalized spacial score (nSPS) is 10.6. The van der Waals surface area contributed by atoms with E-state index in [1.165, 1.54) is 11.4 Å². The van der Waals surface area contributed by atoms with E-state index in [0.29, 0.717) is 0 Å². The van der Waals surface area contributed by atoms with Crippen LogP contribution in [0.15, 0.2) is 79.4 Å². The van der Waals surface area contributed by atoms with Gasteiger partial charge in [0.1, 0.15) is 29.7 Å². The number of hydrogen-bond acceptors (Lipinski definition) is 2. The SMILES string of the molecule is O=C([O-])C(F)(F)F.c1ccc(-n2cc[n+](-c3ccccc3)c2)cc1. The van der Waals surface area contributed by atoms with Gasteiger partial charge in [-0.15, -0.1) is 0 Å². The fraction of sp³-hybridized carbons (Fsp3) is 0.0588. The highest BCUT2D eigenvalue weighted by Gasteiger charge is 2.28. The van der Waals surface area contributed by atoms with E-state index >= 15 is 0 Å². The van der Waals surface area contributed by atoms with E-state index in [1.807, 2.05) is 36.4 Å². The molecule has 0 aliphatic rings. The van der Waals surface area contributed by atoms with Crippen LogP contribution in [0.25, 0.3) is 11.4 Å². The van der Waals surface area contributed by atoms with E-state index in [1.54, 1.807) is 0 Å². The smallest absolute Gasteiger partial charge is 0.430 e. The van der Waals surface area contributed by atoms with E-state index in [9.17, 15) is 13.2 Å². The van der Waals surface area contributed by atoms with E-state index in [4.69, 9.17) is 9.90 Å². The number of benzene rings is 2. The molecule has 0 saturated heterocycles. The second kappa shape index (κ2) is 7.45. The summed E-state index contributed by atoms with van der Waals surface area (Å²) in [6.07, 6.45) is 0.995. The van der Waals surface area contributed by atoms with Crippen molar-refractivity contribution in [1.29, 1.82) is 0 Å². The molecule has 0 bridgehead atoms. The third-order valence-corrected chi connectivity index (χ3v) is 2.98. The molecule has 124 valence electrons. The van der Waals surface area contributed by atoms with Crippen LogP contribution >= 0.6 is 0 Å². The molecule has 4 nitrogen and oxygen atoms in total. The Balaban J connectivity index is 0.000000256. The molecule has 7 heteroatoms. The minimum Gasteiger partial charge on any atom is -0.542 e. The standard InChI is InChI=1S/C15H13N2.C2HF3O2/c1-3-7-14(8-4-1)16-11-12-17(13-16)15-9-5-2-6-10-15;3-2(4,5)1(6)7/h1-13H;(H,6,7)/q+1;/p-1. The van der Waals surface area contributed by atoms with Crippen LogP contribution in [0.2, 0.25) is 0 Å². The van der Waals surface area contributed by atoms with Gasteiger partial charge in [0.15, 0.2) is 0 Å². The number of nitrogens with zero attached hydrogens (tertiary/aromatic N) is 2. The summed E-state index contributed by atoms with van der Waals surface area (Å²) in [6, 6.07) is 20.6. The summed E-state index contributed by atoms with van der Waals surface area (Å²) in [5.41, 5.74) is 2.34. The van der Waals surface area contributed by atoms with Crippen molar-refractivity contribution in [1.82, 2.24) is 4.57 Å². The van der Waals surface area contributed by atoms with Gasteiger partial charge in [-0.25, -0.2) is 9.13 Å². The van der Waals surface area contributed by atoms with Crippen molar-refractivity contribution < 1.29 is 27.6 Å². The maximum Gasteiger partial charge on any atom is 0.430 e. The lowest BCUT2D eigenvalue weighted by atomic mass is 10.3. The highest BCUT2D eigenvalue weighted by Crippen LogP contribution is 2.11. The number of imidazole rings is 1. The molecule has 0 saturated carbocycles. The van der Waals surface area contributed by atoms with Crippen LogP contribution in [0.4, 0.5) is 13.2 Å². The van der Waals surface area contributed by atoms with Gasteiger partial charge in [0.05, 0.1) is 0 Å². The molecular weight excluding hydrogens is 321 g/mol. The number of carboxylic acids is 1. The molecule has 0 amide bonds. The summed E-state index contributed by atoms with van der Waals surface area (Å²) in [5.74, 6) is -3.01. The van der Waals surface area contributed by atoms with Gasteiger partial charge >= 0.3 is 6.18 Å². The maximum atomic E-state index is 10.5. The van der Waals surface area contributed by atoms with Gasteiger partial charge < -0.3 is 9.90 Å².